The number of esters is 1. The maximum absolute atomic E-state index is 12.7. The van der Waals surface area contributed by atoms with Crippen LogP contribution in [-0.2, 0) is 32.1 Å². The van der Waals surface area contributed by atoms with E-state index in [4.69, 9.17) is 9.47 Å². The van der Waals surface area contributed by atoms with Gasteiger partial charge in [0.2, 0.25) is 5.91 Å². The standard InChI is InChI=1S/C23H25N3O5/c1-2-30-21(27)14-25-22(28)20(12-17-13-24-19-11-7-6-10-18(17)19)26-23(29)31-15-16-8-4-3-5-9-16/h3-11,13,20,24H,2,12,14-15H2,1H3,(H,25,28)(H,26,29). The predicted octanol–water partition coefficient (Wildman–Crippen LogP) is 2.68. The maximum atomic E-state index is 12.7. The number of hydrogen-bond acceptors (Lipinski definition) is 5. The molecule has 0 saturated heterocycles. The largest absolute Gasteiger partial charge is 0.465 e. The molecule has 0 bridgehead atoms. The van der Waals surface area contributed by atoms with E-state index in [1.807, 2.05) is 54.6 Å². The summed E-state index contributed by atoms with van der Waals surface area (Å²) in [5.74, 6) is -1.05. The van der Waals surface area contributed by atoms with E-state index in [0.717, 1.165) is 22.0 Å². The number of ether oxygens (including phenoxy) is 2. The number of alkyl carbamates (subject to hydrolysis) is 1. The Hall–Kier alpha value is -3.81. The van der Waals surface area contributed by atoms with Crippen molar-refractivity contribution in [3.8, 4) is 0 Å². The summed E-state index contributed by atoms with van der Waals surface area (Å²) < 4.78 is 10.1. The van der Waals surface area contributed by atoms with E-state index in [1.165, 1.54) is 0 Å². The summed E-state index contributed by atoms with van der Waals surface area (Å²) in [7, 11) is 0. The van der Waals surface area contributed by atoms with Gasteiger partial charge in [-0.05, 0) is 24.1 Å². The lowest BCUT2D eigenvalue weighted by molar-refractivity contribution is -0.143. The van der Waals surface area contributed by atoms with Crippen LogP contribution in [-0.4, -0.2) is 42.1 Å². The van der Waals surface area contributed by atoms with E-state index in [0.29, 0.717) is 0 Å². The lowest BCUT2D eigenvalue weighted by Gasteiger charge is -2.18. The molecule has 8 nitrogen and oxygen atoms in total. The van der Waals surface area contributed by atoms with Gasteiger partial charge in [0.1, 0.15) is 19.2 Å². The van der Waals surface area contributed by atoms with Gasteiger partial charge in [-0.3, -0.25) is 9.59 Å². The number of nitrogens with one attached hydrogen (secondary N) is 3. The molecule has 3 N–H and O–H groups in total. The third-order valence-electron chi connectivity index (χ3n) is 4.63. The molecule has 0 saturated carbocycles. The molecule has 1 unspecified atom stereocenters. The second-order valence-electron chi connectivity index (χ2n) is 6.85. The van der Waals surface area contributed by atoms with Gasteiger partial charge in [0, 0.05) is 23.5 Å². The van der Waals surface area contributed by atoms with Gasteiger partial charge in [0.25, 0.3) is 0 Å². The Morgan fingerprint density at radius 2 is 1.74 bits per heavy atom. The van der Waals surface area contributed by atoms with Crippen molar-refractivity contribution in [2.24, 2.45) is 0 Å². The monoisotopic (exact) mass is 423 g/mol. The molecule has 0 spiro atoms. The molecular weight excluding hydrogens is 398 g/mol. The number of hydrogen-bond donors (Lipinski definition) is 3. The van der Waals surface area contributed by atoms with Gasteiger partial charge in [-0.25, -0.2) is 4.79 Å². The third-order valence-corrected chi connectivity index (χ3v) is 4.63. The van der Waals surface area contributed by atoms with E-state index in [9.17, 15) is 14.4 Å². The van der Waals surface area contributed by atoms with Crippen molar-refractivity contribution < 1.29 is 23.9 Å². The molecule has 8 heteroatoms. The zero-order valence-corrected chi connectivity index (χ0v) is 17.2. The summed E-state index contributed by atoms with van der Waals surface area (Å²) in [5.41, 5.74) is 2.61. The summed E-state index contributed by atoms with van der Waals surface area (Å²) in [6, 6.07) is 16.0. The highest BCUT2D eigenvalue weighted by atomic mass is 16.5. The van der Waals surface area contributed by atoms with Crippen molar-refractivity contribution >= 4 is 28.9 Å². The summed E-state index contributed by atoms with van der Waals surface area (Å²) in [5, 5.41) is 6.07. The van der Waals surface area contributed by atoms with Crippen LogP contribution in [0.15, 0.2) is 60.8 Å². The SMILES string of the molecule is CCOC(=O)CNC(=O)C(Cc1c[nH]c2ccccc12)NC(=O)OCc1ccccc1. The minimum absolute atomic E-state index is 0.0803. The summed E-state index contributed by atoms with van der Waals surface area (Å²) in [4.78, 5) is 39.8. The first-order chi connectivity index (χ1) is 15.1. The summed E-state index contributed by atoms with van der Waals surface area (Å²) in [6.07, 6.45) is 1.30. The molecule has 3 aromatic rings. The van der Waals surface area contributed by atoms with Crippen molar-refractivity contribution in [2.75, 3.05) is 13.2 Å². The first-order valence-electron chi connectivity index (χ1n) is 10.0. The summed E-state index contributed by atoms with van der Waals surface area (Å²) >= 11 is 0. The number of carbonyl (C=O) groups is 3. The molecule has 0 aliphatic rings. The maximum Gasteiger partial charge on any atom is 0.408 e. The Kier molecular flexibility index (Phi) is 7.64. The van der Waals surface area contributed by atoms with E-state index in [-0.39, 0.29) is 26.2 Å². The lowest BCUT2D eigenvalue weighted by atomic mass is 10.0. The Bertz CT molecular complexity index is 1030. The van der Waals surface area contributed by atoms with Crippen LogP contribution < -0.4 is 10.6 Å². The molecule has 2 amide bonds. The topological polar surface area (TPSA) is 110 Å². The number of amides is 2. The molecule has 3 rings (SSSR count). The van der Waals surface area contributed by atoms with Crippen molar-refractivity contribution in [1.82, 2.24) is 15.6 Å². The highest BCUT2D eigenvalue weighted by Gasteiger charge is 2.24. The van der Waals surface area contributed by atoms with Gasteiger partial charge in [-0.1, -0.05) is 48.5 Å². The van der Waals surface area contributed by atoms with Crippen molar-refractivity contribution in [3.63, 3.8) is 0 Å². The fourth-order valence-electron chi connectivity index (χ4n) is 3.13. The van der Waals surface area contributed by atoms with Crippen LogP contribution in [0.3, 0.4) is 0 Å². The molecule has 1 heterocycles. The van der Waals surface area contributed by atoms with Crippen LogP contribution in [0.25, 0.3) is 10.9 Å². The number of aromatic nitrogens is 1. The van der Waals surface area contributed by atoms with E-state index < -0.39 is 24.0 Å². The molecule has 0 aliphatic carbocycles. The zero-order chi connectivity index (χ0) is 22.1. The van der Waals surface area contributed by atoms with Gasteiger partial charge >= 0.3 is 12.1 Å². The van der Waals surface area contributed by atoms with Crippen molar-refractivity contribution in [3.05, 3.63) is 71.9 Å². The smallest absolute Gasteiger partial charge is 0.408 e. The minimum Gasteiger partial charge on any atom is -0.465 e. The highest BCUT2D eigenvalue weighted by Crippen LogP contribution is 2.19. The Balaban J connectivity index is 1.67. The molecule has 2 aromatic carbocycles. The minimum atomic E-state index is -0.933. The van der Waals surface area contributed by atoms with Crippen LogP contribution in [0.1, 0.15) is 18.1 Å². The van der Waals surface area contributed by atoms with Crippen molar-refractivity contribution in [1.29, 1.82) is 0 Å². The molecule has 162 valence electrons. The van der Waals surface area contributed by atoms with Crippen LogP contribution in [0.2, 0.25) is 0 Å². The number of benzene rings is 2. The van der Waals surface area contributed by atoms with Gasteiger partial charge in [0.05, 0.1) is 6.61 Å². The molecule has 1 atom stereocenters. The van der Waals surface area contributed by atoms with E-state index in [2.05, 4.69) is 15.6 Å². The zero-order valence-electron chi connectivity index (χ0n) is 17.2. The molecular formula is C23H25N3O5. The molecule has 0 fully saturated rings. The van der Waals surface area contributed by atoms with Gasteiger partial charge in [0.15, 0.2) is 0 Å². The first kappa shape index (κ1) is 21.9. The van der Waals surface area contributed by atoms with E-state index in [1.54, 1.807) is 13.1 Å². The normalized spacial score (nSPS) is 11.5. The average molecular weight is 423 g/mol. The van der Waals surface area contributed by atoms with Gasteiger partial charge in [-0.15, -0.1) is 0 Å². The van der Waals surface area contributed by atoms with Crippen LogP contribution in [0.4, 0.5) is 4.79 Å². The average Bonchev–Trinajstić information content (AvgIpc) is 3.19. The van der Waals surface area contributed by atoms with Gasteiger partial charge in [-0.2, -0.15) is 0 Å². The molecule has 1 aromatic heterocycles. The van der Waals surface area contributed by atoms with Crippen LogP contribution >= 0.6 is 0 Å². The number of H-pyrrole nitrogens is 1. The highest BCUT2D eigenvalue weighted by molar-refractivity contribution is 5.90. The molecule has 0 radical (unpaired) electrons. The molecule has 31 heavy (non-hydrogen) atoms. The van der Waals surface area contributed by atoms with E-state index >= 15 is 0 Å². The number of para-hydroxylation sites is 1. The van der Waals surface area contributed by atoms with Crippen molar-refractivity contribution in [2.45, 2.75) is 26.0 Å². The fourth-order valence-corrected chi connectivity index (χ4v) is 3.13. The number of carbonyl (C=O) groups excluding carboxylic acids is 3. The number of rotatable bonds is 9. The van der Waals surface area contributed by atoms with Gasteiger partial charge < -0.3 is 25.1 Å². The summed E-state index contributed by atoms with van der Waals surface area (Å²) in [6.45, 7) is 1.70. The number of fused-ring (bicyclic) bond motifs is 1. The lowest BCUT2D eigenvalue weighted by Crippen LogP contribution is -2.49. The third kappa shape index (κ3) is 6.33. The predicted molar refractivity (Wildman–Crippen MR) is 115 cm³/mol. The second kappa shape index (κ2) is 10.8. The molecule has 0 aliphatic heterocycles. The van der Waals surface area contributed by atoms with Crippen LogP contribution in [0, 0.1) is 0 Å². The second-order valence-corrected chi connectivity index (χ2v) is 6.85. The number of aromatic amines is 1. The Morgan fingerprint density at radius 1 is 1.00 bits per heavy atom. The first-order valence-corrected chi connectivity index (χ1v) is 10.0. The van der Waals surface area contributed by atoms with Crippen LogP contribution in [0.5, 0.6) is 0 Å². The Morgan fingerprint density at radius 3 is 2.52 bits per heavy atom. The fraction of sp³-hybridized carbons (Fsp3) is 0.261. The quantitative estimate of drug-likeness (QED) is 0.459. The Labute approximate surface area is 179 Å².